The first kappa shape index (κ1) is 9.06. The molecule has 0 fully saturated rings. The van der Waals surface area contributed by atoms with Crippen LogP contribution in [0.3, 0.4) is 0 Å². The highest BCUT2D eigenvalue weighted by Gasteiger charge is 2.36. The van der Waals surface area contributed by atoms with Crippen LogP contribution in [0, 0.1) is 0 Å². The summed E-state index contributed by atoms with van der Waals surface area (Å²) in [5.41, 5.74) is 1.44. The van der Waals surface area contributed by atoms with E-state index in [-0.39, 0.29) is 5.91 Å². The maximum atomic E-state index is 11.9. The molecule has 0 saturated carbocycles. The number of nitrogens with zero attached hydrogens (tertiary/aromatic N) is 1. The zero-order valence-electron chi connectivity index (χ0n) is 8.66. The van der Waals surface area contributed by atoms with Gasteiger partial charge in [-0.25, -0.2) is 0 Å². The lowest BCUT2D eigenvalue weighted by Gasteiger charge is -2.37. The van der Waals surface area contributed by atoms with Crippen molar-refractivity contribution in [3.05, 3.63) is 24.3 Å². The number of anilines is 2. The van der Waals surface area contributed by atoms with Crippen LogP contribution in [0.15, 0.2) is 24.3 Å². The first-order valence-corrected chi connectivity index (χ1v) is 4.68. The summed E-state index contributed by atoms with van der Waals surface area (Å²) in [6.45, 7) is 3.78. The minimum Gasteiger partial charge on any atom is -0.370 e. The van der Waals surface area contributed by atoms with E-state index in [1.807, 2.05) is 45.2 Å². The number of fused-ring (bicyclic) bond motifs is 1. The number of para-hydroxylation sites is 2. The van der Waals surface area contributed by atoms with Crippen molar-refractivity contribution >= 4 is 17.3 Å². The first-order chi connectivity index (χ1) is 6.52. The molecule has 0 aromatic heterocycles. The average molecular weight is 190 g/mol. The zero-order chi connectivity index (χ0) is 10.3. The van der Waals surface area contributed by atoms with Crippen molar-refractivity contribution in [3.63, 3.8) is 0 Å². The van der Waals surface area contributed by atoms with Gasteiger partial charge in [-0.3, -0.25) is 4.79 Å². The molecule has 3 nitrogen and oxygen atoms in total. The number of carbonyl (C=O) groups excluding carboxylic acids is 1. The molecule has 0 unspecified atom stereocenters. The molecule has 1 N–H and O–H groups in total. The van der Waals surface area contributed by atoms with Gasteiger partial charge in [0.1, 0.15) is 5.54 Å². The number of likely N-dealkylation sites (N-methyl/N-ethyl adjacent to an activating group) is 1. The van der Waals surface area contributed by atoms with Crippen molar-refractivity contribution in [2.75, 3.05) is 17.3 Å². The van der Waals surface area contributed by atoms with Crippen LogP contribution < -0.4 is 10.2 Å². The number of hydrogen-bond acceptors (Lipinski definition) is 2. The molecule has 2 rings (SSSR count). The van der Waals surface area contributed by atoms with Crippen molar-refractivity contribution in [2.24, 2.45) is 0 Å². The molecule has 0 bridgehead atoms. The summed E-state index contributed by atoms with van der Waals surface area (Å²) in [4.78, 5) is 13.6. The van der Waals surface area contributed by atoms with Crippen LogP contribution in [-0.4, -0.2) is 18.5 Å². The molecule has 1 aromatic carbocycles. The molecule has 14 heavy (non-hydrogen) atoms. The van der Waals surface area contributed by atoms with Gasteiger partial charge in [-0.15, -0.1) is 0 Å². The molecule has 1 aliphatic rings. The average Bonchev–Trinajstić information content (AvgIpc) is 2.14. The fourth-order valence-electron chi connectivity index (χ4n) is 1.79. The molecule has 1 heterocycles. The molecule has 0 spiro atoms. The summed E-state index contributed by atoms with van der Waals surface area (Å²) in [6.07, 6.45) is 0. The molecule has 0 atom stereocenters. The van der Waals surface area contributed by atoms with Gasteiger partial charge in [0, 0.05) is 7.05 Å². The molecule has 0 radical (unpaired) electrons. The predicted octanol–water partition coefficient (Wildman–Crippen LogP) is 1.85. The fraction of sp³-hybridized carbons (Fsp3) is 0.364. The third-order valence-electron chi connectivity index (χ3n) is 2.55. The SMILES string of the molecule is CN1C(=O)C(C)(C)Nc2ccccc21. The minimum absolute atomic E-state index is 0.0937. The maximum Gasteiger partial charge on any atom is 0.251 e. The van der Waals surface area contributed by atoms with Crippen LogP contribution in [0.4, 0.5) is 11.4 Å². The van der Waals surface area contributed by atoms with Gasteiger partial charge in [0.25, 0.3) is 5.91 Å². The highest BCUT2D eigenvalue weighted by molar-refractivity contribution is 6.06. The highest BCUT2D eigenvalue weighted by atomic mass is 16.2. The van der Waals surface area contributed by atoms with E-state index in [1.54, 1.807) is 4.90 Å². The summed E-state index contributed by atoms with van der Waals surface area (Å²) in [6, 6.07) is 7.82. The van der Waals surface area contributed by atoms with E-state index < -0.39 is 5.54 Å². The van der Waals surface area contributed by atoms with Gasteiger partial charge in [0.15, 0.2) is 0 Å². The Kier molecular flexibility index (Phi) is 1.77. The highest BCUT2D eigenvalue weighted by Crippen LogP contribution is 2.33. The van der Waals surface area contributed by atoms with E-state index in [2.05, 4.69) is 5.32 Å². The Balaban J connectivity index is 2.53. The molecule has 1 aliphatic heterocycles. The van der Waals surface area contributed by atoms with Gasteiger partial charge in [-0.2, -0.15) is 0 Å². The Hall–Kier alpha value is -1.51. The second kappa shape index (κ2) is 2.74. The van der Waals surface area contributed by atoms with Gasteiger partial charge < -0.3 is 10.2 Å². The Morgan fingerprint density at radius 2 is 1.93 bits per heavy atom. The molecule has 1 aromatic rings. The molecule has 0 aliphatic carbocycles. The van der Waals surface area contributed by atoms with Gasteiger partial charge in [-0.1, -0.05) is 12.1 Å². The molecule has 0 saturated heterocycles. The van der Waals surface area contributed by atoms with Crippen LogP contribution in [0.5, 0.6) is 0 Å². The van der Waals surface area contributed by atoms with Crippen molar-refractivity contribution in [2.45, 2.75) is 19.4 Å². The monoisotopic (exact) mass is 190 g/mol. The molecule has 1 amide bonds. The van der Waals surface area contributed by atoms with Crippen LogP contribution in [0.2, 0.25) is 0 Å². The Morgan fingerprint density at radius 1 is 1.29 bits per heavy atom. The molecular formula is C11H14N2O. The normalized spacial score (nSPS) is 18.8. The standard InChI is InChI=1S/C11H14N2O/c1-11(2)10(14)13(3)9-7-5-4-6-8(9)12-11/h4-7,12H,1-3H3. The Bertz CT molecular complexity index is 385. The lowest BCUT2D eigenvalue weighted by molar-refractivity contribution is -0.121. The largest absolute Gasteiger partial charge is 0.370 e. The maximum absolute atomic E-state index is 11.9. The smallest absolute Gasteiger partial charge is 0.251 e. The van der Waals surface area contributed by atoms with E-state index in [9.17, 15) is 4.79 Å². The Morgan fingerprint density at radius 3 is 2.64 bits per heavy atom. The van der Waals surface area contributed by atoms with E-state index in [0.717, 1.165) is 11.4 Å². The zero-order valence-corrected chi connectivity index (χ0v) is 8.66. The summed E-state index contributed by atoms with van der Waals surface area (Å²) in [7, 11) is 1.81. The molecule has 3 heteroatoms. The topological polar surface area (TPSA) is 32.3 Å². The van der Waals surface area contributed by atoms with E-state index in [1.165, 1.54) is 0 Å². The number of rotatable bonds is 0. The lowest BCUT2D eigenvalue weighted by atomic mass is 9.99. The van der Waals surface area contributed by atoms with Crippen LogP contribution in [0.1, 0.15) is 13.8 Å². The van der Waals surface area contributed by atoms with Crippen LogP contribution >= 0.6 is 0 Å². The fourth-order valence-corrected chi connectivity index (χ4v) is 1.79. The van der Waals surface area contributed by atoms with Gasteiger partial charge in [0.2, 0.25) is 0 Å². The van der Waals surface area contributed by atoms with Gasteiger partial charge in [-0.05, 0) is 26.0 Å². The van der Waals surface area contributed by atoms with Gasteiger partial charge >= 0.3 is 0 Å². The second-order valence-electron chi connectivity index (χ2n) is 4.13. The number of amides is 1. The Labute approximate surface area is 83.7 Å². The van der Waals surface area contributed by atoms with E-state index in [0.29, 0.717) is 0 Å². The predicted molar refractivity (Wildman–Crippen MR) is 57.6 cm³/mol. The van der Waals surface area contributed by atoms with Crippen LogP contribution in [-0.2, 0) is 4.79 Å². The summed E-state index contributed by atoms with van der Waals surface area (Å²) >= 11 is 0. The minimum atomic E-state index is -0.511. The molecular weight excluding hydrogens is 176 g/mol. The van der Waals surface area contributed by atoms with Crippen molar-refractivity contribution in [1.29, 1.82) is 0 Å². The van der Waals surface area contributed by atoms with Crippen molar-refractivity contribution in [3.8, 4) is 0 Å². The van der Waals surface area contributed by atoms with Gasteiger partial charge in [0.05, 0.1) is 11.4 Å². The number of nitrogens with one attached hydrogen (secondary N) is 1. The van der Waals surface area contributed by atoms with Crippen molar-refractivity contribution in [1.82, 2.24) is 0 Å². The summed E-state index contributed by atoms with van der Waals surface area (Å²) in [5, 5.41) is 3.23. The summed E-state index contributed by atoms with van der Waals surface area (Å²) in [5.74, 6) is 0.0937. The lowest BCUT2D eigenvalue weighted by Crippen LogP contribution is -2.52. The first-order valence-electron chi connectivity index (χ1n) is 4.68. The number of hydrogen-bond donors (Lipinski definition) is 1. The van der Waals surface area contributed by atoms with E-state index in [4.69, 9.17) is 0 Å². The van der Waals surface area contributed by atoms with Crippen LogP contribution in [0.25, 0.3) is 0 Å². The number of carbonyl (C=O) groups is 1. The quantitative estimate of drug-likeness (QED) is 0.677. The second-order valence-corrected chi connectivity index (χ2v) is 4.13. The molecule has 74 valence electrons. The number of benzene rings is 1. The van der Waals surface area contributed by atoms with E-state index >= 15 is 0 Å². The third-order valence-corrected chi connectivity index (χ3v) is 2.55. The summed E-state index contributed by atoms with van der Waals surface area (Å²) < 4.78 is 0. The van der Waals surface area contributed by atoms with Crippen molar-refractivity contribution < 1.29 is 4.79 Å². The third kappa shape index (κ3) is 1.16.